The summed E-state index contributed by atoms with van der Waals surface area (Å²) < 4.78 is 0.876. The highest BCUT2D eigenvalue weighted by molar-refractivity contribution is 9.10. The molecular weight excluding hydrogens is 316 g/mol. The van der Waals surface area contributed by atoms with Crippen molar-refractivity contribution < 1.29 is 0 Å². The van der Waals surface area contributed by atoms with Crippen molar-refractivity contribution in [2.24, 2.45) is 0 Å². The smallest absolute Gasteiger partial charge is 0.224 e. The first-order valence-corrected chi connectivity index (χ1v) is 7.54. The third-order valence-electron chi connectivity index (χ3n) is 3.11. The lowest BCUT2D eigenvalue weighted by atomic mass is 10.1. The molecule has 1 heterocycles. The van der Waals surface area contributed by atoms with Crippen molar-refractivity contribution in [3.05, 3.63) is 40.5 Å². The SMILES string of the molecule is CCNc1ncc(Br)c(N(C)c2ccc(CC)cc2)n1. The molecule has 0 fully saturated rings. The Balaban J connectivity index is 2.30. The molecule has 0 spiro atoms. The molecule has 0 aliphatic rings. The highest BCUT2D eigenvalue weighted by Gasteiger charge is 2.11. The van der Waals surface area contributed by atoms with Crippen molar-refractivity contribution in [2.75, 3.05) is 23.8 Å². The van der Waals surface area contributed by atoms with E-state index in [1.807, 2.05) is 18.9 Å². The summed E-state index contributed by atoms with van der Waals surface area (Å²) >= 11 is 3.51. The summed E-state index contributed by atoms with van der Waals surface area (Å²) in [5.74, 6) is 1.49. The van der Waals surface area contributed by atoms with Gasteiger partial charge in [-0.3, -0.25) is 0 Å². The van der Waals surface area contributed by atoms with Crippen LogP contribution in [-0.4, -0.2) is 23.6 Å². The Morgan fingerprint density at radius 1 is 1.20 bits per heavy atom. The summed E-state index contributed by atoms with van der Waals surface area (Å²) in [6, 6.07) is 8.51. The number of benzene rings is 1. The fourth-order valence-corrected chi connectivity index (χ4v) is 2.37. The number of halogens is 1. The molecule has 1 N–H and O–H groups in total. The van der Waals surface area contributed by atoms with E-state index in [4.69, 9.17) is 0 Å². The minimum absolute atomic E-state index is 0.641. The Morgan fingerprint density at radius 3 is 2.50 bits per heavy atom. The highest BCUT2D eigenvalue weighted by atomic mass is 79.9. The molecule has 0 amide bonds. The van der Waals surface area contributed by atoms with E-state index in [9.17, 15) is 0 Å². The van der Waals surface area contributed by atoms with Crippen LogP contribution >= 0.6 is 15.9 Å². The van der Waals surface area contributed by atoms with E-state index < -0.39 is 0 Å². The molecule has 20 heavy (non-hydrogen) atoms. The lowest BCUT2D eigenvalue weighted by molar-refractivity contribution is 1.04. The summed E-state index contributed by atoms with van der Waals surface area (Å²) in [5, 5.41) is 3.13. The second kappa shape index (κ2) is 6.70. The molecule has 1 aromatic heterocycles. The van der Waals surface area contributed by atoms with Crippen molar-refractivity contribution in [2.45, 2.75) is 20.3 Å². The maximum Gasteiger partial charge on any atom is 0.224 e. The van der Waals surface area contributed by atoms with Gasteiger partial charge < -0.3 is 10.2 Å². The van der Waals surface area contributed by atoms with Crippen molar-refractivity contribution in [3.8, 4) is 0 Å². The monoisotopic (exact) mass is 334 g/mol. The van der Waals surface area contributed by atoms with E-state index in [1.54, 1.807) is 6.20 Å². The molecule has 0 atom stereocenters. The van der Waals surface area contributed by atoms with Gasteiger partial charge in [0.1, 0.15) is 0 Å². The van der Waals surface area contributed by atoms with Gasteiger partial charge in [0, 0.05) is 25.5 Å². The summed E-state index contributed by atoms with van der Waals surface area (Å²) in [6.07, 6.45) is 2.82. The zero-order valence-corrected chi connectivity index (χ0v) is 13.6. The topological polar surface area (TPSA) is 41.1 Å². The van der Waals surface area contributed by atoms with Gasteiger partial charge in [0.2, 0.25) is 5.95 Å². The molecule has 0 aliphatic heterocycles. The van der Waals surface area contributed by atoms with Gasteiger partial charge in [-0.15, -0.1) is 0 Å². The van der Waals surface area contributed by atoms with E-state index >= 15 is 0 Å². The summed E-state index contributed by atoms with van der Waals surface area (Å²) in [6.45, 7) is 4.98. The number of hydrogen-bond donors (Lipinski definition) is 1. The minimum Gasteiger partial charge on any atom is -0.354 e. The first kappa shape index (κ1) is 14.8. The fraction of sp³-hybridized carbons (Fsp3) is 0.333. The Hall–Kier alpha value is -1.62. The average Bonchev–Trinajstić information content (AvgIpc) is 2.49. The van der Waals surface area contributed by atoms with Crippen molar-refractivity contribution in [1.29, 1.82) is 0 Å². The first-order valence-electron chi connectivity index (χ1n) is 6.74. The van der Waals surface area contributed by atoms with Crippen molar-refractivity contribution in [1.82, 2.24) is 9.97 Å². The first-order chi connectivity index (χ1) is 9.65. The molecule has 2 aromatic rings. The fourth-order valence-electron chi connectivity index (χ4n) is 1.91. The Bertz CT molecular complexity index is 569. The largest absolute Gasteiger partial charge is 0.354 e. The molecule has 0 saturated carbocycles. The number of nitrogens with one attached hydrogen (secondary N) is 1. The zero-order valence-electron chi connectivity index (χ0n) is 12.0. The van der Waals surface area contributed by atoms with Gasteiger partial charge in [0.15, 0.2) is 5.82 Å². The molecule has 1 aromatic carbocycles. The van der Waals surface area contributed by atoms with Crippen LogP contribution in [0.25, 0.3) is 0 Å². The highest BCUT2D eigenvalue weighted by Crippen LogP contribution is 2.29. The number of aryl methyl sites for hydroxylation is 1. The lowest BCUT2D eigenvalue weighted by Gasteiger charge is -2.20. The normalized spacial score (nSPS) is 10.4. The van der Waals surface area contributed by atoms with Gasteiger partial charge in [-0.25, -0.2) is 4.98 Å². The molecule has 0 unspecified atom stereocenters. The summed E-state index contributed by atoms with van der Waals surface area (Å²) in [5.41, 5.74) is 2.43. The summed E-state index contributed by atoms with van der Waals surface area (Å²) in [7, 11) is 2.00. The van der Waals surface area contributed by atoms with Crippen LogP contribution < -0.4 is 10.2 Å². The predicted octanol–water partition coefficient (Wildman–Crippen LogP) is 4.00. The van der Waals surface area contributed by atoms with Crippen LogP contribution in [0.3, 0.4) is 0 Å². The number of anilines is 3. The predicted molar refractivity (Wildman–Crippen MR) is 87.8 cm³/mol. The van der Waals surface area contributed by atoms with Gasteiger partial charge in [0.05, 0.1) is 4.47 Å². The second-order valence-corrected chi connectivity index (χ2v) is 5.33. The Morgan fingerprint density at radius 2 is 1.90 bits per heavy atom. The third-order valence-corrected chi connectivity index (χ3v) is 3.67. The number of rotatable bonds is 5. The van der Waals surface area contributed by atoms with Crippen LogP contribution in [0.5, 0.6) is 0 Å². The summed E-state index contributed by atoms with van der Waals surface area (Å²) in [4.78, 5) is 10.8. The zero-order chi connectivity index (χ0) is 14.5. The molecule has 5 heteroatoms. The van der Waals surface area contributed by atoms with E-state index in [0.717, 1.165) is 28.9 Å². The third kappa shape index (κ3) is 3.28. The molecule has 0 bridgehead atoms. The number of nitrogens with zero attached hydrogens (tertiary/aromatic N) is 3. The molecule has 0 saturated heterocycles. The van der Waals surface area contributed by atoms with Crippen molar-refractivity contribution in [3.63, 3.8) is 0 Å². The lowest BCUT2D eigenvalue weighted by Crippen LogP contribution is -2.14. The molecular formula is C15H19BrN4. The maximum absolute atomic E-state index is 4.54. The van der Waals surface area contributed by atoms with E-state index in [-0.39, 0.29) is 0 Å². The molecule has 106 valence electrons. The average molecular weight is 335 g/mol. The van der Waals surface area contributed by atoms with Crippen LogP contribution in [0.4, 0.5) is 17.5 Å². The van der Waals surface area contributed by atoms with Crippen molar-refractivity contribution >= 4 is 33.4 Å². The molecule has 0 aliphatic carbocycles. The van der Waals surface area contributed by atoms with Gasteiger partial charge in [0.25, 0.3) is 0 Å². The van der Waals surface area contributed by atoms with Crippen LogP contribution in [0.2, 0.25) is 0 Å². The molecule has 4 nitrogen and oxygen atoms in total. The van der Waals surface area contributed by atoms with Gasteiger partial charge in [-0.1, -0.05) is 19.1 Å². The quantitative estimate of drug-likeness (QED) is 0.897. The molecule has 2 rings (SSSR count). The van der Waals surface area contributed by atoms with Crippen LogP contribution in [-0.2, 0) is 6.42 Å². The molecule has 0 radical (unpaired) electrons. The number of hydrogen-bond acceptors (Lipinski definition) is 4. The second-order valence-electron chi connectivity index (χ2n) is 4.47. The van der Waals surface area contributed by atoms with Crippen LogP contribution in [0.1, 0.15) is 19.4 Å². The van der Waals surface area contributed by atoms with Crippen LogP contribution in [0, 0.1) is 0 Å². The Kier molecular flexibility index (Phi) is 4.95. The van der Waals surface area contributed by atoms with E-state index in [0.29, 0.717) is 5.95 Å². The van der Waals surface area contributed by atoms with E-state index in [1.165, 1.54) is 5.56 Å². The van der Waals surface area contributed by atoms with Gasteiger partial charge in [-0.2, -0.15) is 4.98 Å². The van der Waals surface area contributed by atoms with Gasteiger partial charge in [-0.05, 0) is 47.0 Å². The van der Waals surface area contributed by atoms with Gasteiger partial charge >= 0.3 is 0 Å². The maximum atomic E-state index is 4.54. The van der Waals surface area contributed by atoms with Crippen LogP contribution in [0.15, 0.2) is 34.9 Å². The number of aromatic nitrogens is 2. The van der Waals surface area contributed by atoms with E-state index in [2.05, 4.69) is 62.4 Å². The standard InChI is InChI=1S/C15H19BrN4/c1-4-11-6-8-12(9-7-11)20(3)14-13(16)10-18-15(19-14)17-5-2/h6-10H,4-5H2,1-3H3,(H,17,18,19). The Labute approximate surface area is 128 Å². The minimum atomic E-state index is 0.641.